The van der Waals surface area contributed by atoms with Gasteiger partial charge in [0.05, 0.1) is 4.99 Å². The van der Waals surface area contributed by atoms with Gasteiger partial charge in [-0.15, -0.1) is 0 Å². The monoisotopic (exact) mass is 242 g/mol. The van der Waals surface area contributed by atoms with Crippen LogP contribution in [0.1, 0.15) is 40.0 Å². The third-order valence-corrected chi connectivity index (χ3v) is 4.10. The van der Waals surface area contributed by atoms with E-state index in [1.807, 2.05) is 18.7 Å². The molecular formula is C12H22N2OS. The lowest BCUT2D eigenvalue weighted by atomic mass is 9.89. The second-order valence-corrected chi connectivity index (χ2v) is 5.76. The number of hydrogen-bond donors (Lipinski definition) is 1. The van der Waals surface area contributed by atoms with Gasteiger partial charge in [-0.3, -0.25) is 4.79 Å². The van der Waals surface area contributed by atoms with Gasteiger partial charge in [0.15, 0.2) is 0 Å². The van der Waals surface area contributed by atoms with Crippen molar-refractivity contribution in [2.75, 3.05) is 13.1 Å². The molecule has 0 aliphatic carbocycles. The maximum Gasteiger partial charge on any atom is 0.222 e. The summed E-state index contributed by atoms with van der Waals surface area (Å²) in [7, 11) is 0. The Morgan fingerprint density at radius 2 is 2.25 bits per heavy atom. The molecule has 16 heavy (non-hydrogen) atoms. The molecule has 0 aromatic carbocycles. The van der Waals surface area contributed by atoms with Gasteiger partial charge in [-0.2, -0.15) is 0 Å². The number of amides is 1. The number of carbonyl (C=O) groups is 1. The average molecular weight is 242 g/mol. The van der Waals surface area contributed by atoms with Crippen LogP contribution < -0.4 is 5.73 Å². The Morgan fingerprint density at radius 3 is 2.69 bits per heavy atom. The molecule has 0 aromatic heterocycles. The lowest BCUT2D eigenvalue weighted by molar-refractivity contribution is -0.127. The van der Waals surface area contributed by atoms with Crippen molar-refractivity contribution < 1.29 is 4.79 Å². The SMILES string of the molecule is CCC1CC(=O)N(CCC(C)(C)C(N)=S)C1. The van der Waals surface area contributed by atoms with Gasteiger partial charge in [0.25, 0.3) is 0 Å². The largest absolute Gasteiger partial charge is 0.393 e. The molecule has 2 N–H and O–H groups in total. The number of nitrogens with two attached hydrogens (primary N) is 1. The molecule has 0 bridgehead atoms. The Labute approximate surface area is 103 Å². The molecule has 1 amide bonds. The van der Waals surface area contributed by atoms with Crippen molar-refractivity contribution in [2.45, 2.75) is 40.0 Å². The summed E-state index contributed by atoms with van der Waals surface area (Å²) in [5.41, 5.74) is 5.52. The fourth-order valence-corrected chi connectivity index (χ4v) is 1.98. The molecule has 92 valence electrons. The first kappa shape index (κ1) is 13.4. The molecule has 3 nitrogen and oxygen atoms in total. The van der Waals surface area contributed by atoms with Gasteiger partial charge in [0.1, 0.15) is 0 Å². The van der Waals surface area contributed by atoms with E-state index in [4.69, 9.17) is 18.0 Å². The summed E-state index contributed by atoms with van der Waals surface area (Å²) in [6.45, 7) is 7.89. The molecule has 0 spiro atoms. The van der Waals surface area contributed by atoms with Crippen LogP contribution >= 0.6 is 12.2 Å². The van der Waals surface area contributed by atoms with Crippen molar-refractivity contribution in [3.63, 3.8) is 0 Å². The quantitative estimate of drug-likeness (QED) is 0.750. The minimum atomic E-state index is -0.153. The highest BCUT2D eigenvalue weighted by atomic mass is 32.1. The third-order valence-electron chi connectivity index (χ3n) is 3.55. The van der Waals surface area contributed by atoms with Crippen LogP contribution in [0.3, 0.4) is 0 Å². The Balaban J connectivity index is 2.45. The van der Waals surface area contributed by atoms with Gasteiger partial charge >= 0.3 is 0 Å². The standard InChI is InChI=1S/C12H22N2OS/c1-4-9-7-10(15)14(8-9)6-5-12(2,3)11(13)16/h9H,4-8H2,1-3H3,(H2,13,16). The molecular weight excluding hydrogens is 220 g/mol. The number of rotatable bonds is 5. The average Bonchev–Trinajstić information content (AvgIpc) is 2.56. The maximum absolute atomic E-state index is 11.7. The summed E-state index contributed by atoms with van der Waals surface area (Å²) in [5, 5.41) is 0. The molecule has 1 unspecified atom stereocenters. The second kappa shape index (κ2) is 5.13. The highest BCUT2D eigenvalue weighted by Gasteiger charge is 2.30. The van der Waals surface area contributed by atoms with Gasteiger partial charge in [-0.05, 0) is 12.3 Å². The molecule has 0 saturated carbocycles. The number of nitrogens with zero attached hydrogens (tertiary/aromatic N) is 1. The Hall–Kier alpha value is -0.640. The number of carbonyl (C=O) groups excluding carboxylic acids is 1. The predicted molar refractivity (Wildman–Crippen MR) is 70.2 cm³/mol. The van der Waals surface area contributed by atoms with Crippen LogP contribution in [0, 0.1) is 11.3 Å². The van der Waals surface area contributed by atoms with Crippen LogP contribution in [0.15, 0.2) is 0 Å². The first-order valence-corrected chi connectivity index (χ1v) is 6.35. The Morgan fingerprint density at radius 1 is 1.62 bits per heavy atom. The van der Waals surface area contributed by atoms with Crippen LogP contribution in [-0.2, 0) is 4.79 Å². The van der Waals surface area contributed by atoms with Gasteiger partial charge in [0.2, 0.25) is 5.91 Å². The van der Waals surface area contributed by atoms with Crippen molar-refractivity contribution in [3.8, 4) is 0 Å². The van der Waals surface area contributed by atoms with E-state index in [1.54, 1.807) is 0 Å². The van der Waals surface area contributed by atoms with Crippen LogP contribution in [0.5, 0.6) is 0 Å². The zero-order chi connectivity index (χ0) is 12.3. The van der Waals surface area contributed by atoms with Crippen LogP contribution in [0.2, 0.25) is 0 Å². The van der Waals surface area contributed by atoms with E-state index in [1.165, 1.54) is 0 Å². The van der Waals surface area contributed by atoms with Gasteiger partial charge in [-0.1, -0.05) is 39.4 Å². The van der Waals surface area contributed by atoms with Crippen molar-refractivity contribution >= 4 is 23.1 Å². The molecule has 4 heteroatoms. The van der Waals surface area contributed by atoms with E-state index in [9.17, 15) is 4.79 Å². The van der Waals surface area contributed by atoms with Crippen LogP contribution in [0.4, 0.5) is 0 Å². The summed E-state index contributed by atoms with van der Waals surface area (Å²) in [6, 6.07) is 0. The molecule has 1 aliphatic heterocycles. The summed E-state index contributed by atoms with van der Waals surface area (Å²) >= 11 is 5.02. The van der Waals surface area contributed by atoms with Gasteiger partial charge in [0, 0.05) is 24.9 Å². The lowest BCUT2D eigenvalue weighted by Crippen LogP contribution is -2.35. The molecule has 1 atom stereocenters. The molecule has 0 radical (unpaired) electrons. The van der Waals surface area contributed by atoms with Crippen molar-refractivity contribution in [1.82, 2.24) is 4.90 Å². The summed E-state index contributed by atoms with van der Waals surface area (Å²) in [6.07, 6.45) is 2.65. The lowest BCUT2D eigenvalue weighted by Gasteiger charge is -2.26. The zero-order valence-electron chi connectivity index (χ0n) is 10.5. The van der Waals surface area contributed by atoms with Gasteiger partial charge in [-0.25, -0.2) is 0 Å². The van der Waals surface area contributed by atoms with Crippen molar-refractivity contribution in [1.29, 1.82) is 0 Å². The van der Waals surface area contributed by atoms with Gasteiger partial charge < -0.3 is 10.6 Å². The second-order valence-electron chi connectivity index (χ2n) is 5.32. The topological polar surface area (TPSA) is 46.3 Å². The third kappa shape index (κ3) is 3.17. The first-order chi connectivity index (χ1) is 7.36. The summed E-state index contributed by atoms with van der Waals surface area (Å²) in [4.78, 5) is 14.2. The number of hydrogen-bond acceptors (Lipinski definition) is 2. The molecule has 1 rings (SSSR count). The minimum absolute atomic E-state index is 0.153. The van der Waals surface area contributed by atoms with E-state index >= 15 is 0 Å². The minimum Gasteiger partial charge on any atom is -0.393 e. The summed E-state index contributed by atoms with van der Waals surface area (Å²) < 4.78 is 0. The van der Waals surface area contributed by atoms with Crippen molar-refractivity contribution in [2.24, 2.45) is 17.1 Å². The molecule has 1 saturated heterocycles. The zero-order valence-corrected chi connectivity index (χ0v) is 11.3. The Bertz CT molecular complexity index is 289. The van der Waals surface area contributed by atoms with E-state index < -0.39 is 0 Å². The highest BCUT2D eigenvalue weighted by Crippen LogP contribution is 2.25. The van der Waals surface area contributed by atoms with E-state index in [2.05, 4.69) is 6.92 Å². The van der Waals surface area contributed by atoms with Crippen LogP contribution in [-0.4, -0.2) is 28.9 Å². The maximum atomic E-state index is 11.7. The Kier molecular flexibility index (Phi) is 4.30. The normalized spacial score (nSPS) is 21.6. The molecule has 0 aromatic rings. The van der Waals surface area contributed by atoms with E-state index in [-0.39, 0.29) is 11.3 Å². The smallest absolute Gasteiger partial charge is 0.222 e. The predicted octanol–water partition coefficient (Wildman–Crippen LogP) is 1.95. The van der Waals surface area contributed by atoms with Crippen LogP contribution in [0.25, 0.3) is 0 Å². The molecule has 1 heterocycles. The van der Waals surface area contributed by atoms with E-state index in [0.29, 0.717) is 17.3 Å². The molecule has 1 fully saturated rings. The first-order valence-electron chi connectivity index (χ1n) is 5.94. The number of thiocarbonyl (C=S) groups is 1. The van der Waals surface area contributed by atoms with E-state index in [0.717, 1.165) is 25.9 Å². The number of likely N-dealkylation sites (tertiary alicyclic amines) is 1. The van der Waals surface area contributed by atoms with Crippen molar-refractivity contribution in [3.05, 3.63) is 0 Å². The molecule has 1 aliphatic rings. The fourth-order valence-electron chi connectivity index (χ4n) is 1.88. The summed E-state index contributed by atoms with van der Waals surface area (Å²) in [5.74, 6) is 0.825. The fraction of sp³-hybridized carbons (Fsp3) is 0.833. The highest BCUT2D eigenvalue weighted by molar-refractivity contribution is 7.80.